The van der Waals surface area contributed by atoms with Crippen LogP contribution in [0.1, 0.15) is 52.7 Å². The van der Waals surface area contributed by atoms with Gasteiger partial charge in [-0.3, -0.25) is 9.13 Å². The molecule has 6 nitrogen and oxygen atoms in total. The minimum absolute atomic E-state index is 0.0758. The molecule has 0 aliphatic heterocycles. The molecule has 0 amide bonds. The van der Waals surface area contributed by atoms with E-state index in [2.05, 4.69) is 245 Å². The Morgan fingerprint density at radius 3 is 0.903 bits per heavy atom. The SMILES string of the molecule is CC(C)(C)c1cc2nc(-c3ccc(-c4ccc(-c5nc6ccccc6n5-c5ccccc5)cc4)cc3)c(-c3ccc(-c4ccc(-c5nc6ccccc6n5-c5ccccc5)cc4)cc3)nc2cc1C(C)(C)C. The molecule has 0 atom stereocenters. The van der Waals surface area contributed by atoms with Crippen molar-refractivity contribution in [3.05, 3.63) is 230 Å². The van der Waals surface area contributed by atoms with Crippen molar-refractivity contribution >= 4 is 33.1 Å². The predicted octanol–water partition coefficient (Wildman–Crippen LogP) is 16.9. The van der Waals surface area contributed by atoms with Gasteiger partial charge in [-0.05, 0) is 105 Å². The van der Waals surface area contributed by atoms with Crippen molar-refractivity contribution in [1.82, 2.24) is 29.1 Å². The second-order valence-corrected chi connectivity index (χ2v) is 20.8. The van der Waals surface area contributed by atoms with E-state index in [-0.39, 0.29) is 10.8 Å². The first-order valence-electron chi connectivity index (χ1n) is 24.8. The van der Waals surface area contributed by atoms with Crippen LogP contribution in [0.15, 0.2) is 218 Å². The van der Waals surface area contributed by atoms with Gasteiger partial charge in [-0.15, -0.1) is 0 Å². The Morgan fingerprint density at radius 2 is 0.569 bits per heavy atom. The molecule has 348 valence electrons. The third kappa shape index (κ3) is 8.15. The van der Waals surface area contributed by atoms with Gasteiger partial charge in [0.1, 0.15) is 11.6 Å². The van der Waals surface area contributed by atoms with Crippen molar-refractivity contribution in [3.63, 3.8) is 0 Å². The average molecular weight is 931 g/mol. The summed E-state index contributed by atoms with van der Waals surface area (Å²) in [7, 11) is 0. The third-order valence-corrected chi connectivity index (χ3v) is 13.8. The Labute approximate surface area is 421 Å². The van der Waals surface area contributed by atoms with Crippen LogP contribution in [0.3, 0.4) is 0 Å². The number of imidazole rings is 2. The number of fused-ring (bicyclic) bond motifs is 3. The summed E-state index contributed by atoms with van der Waals surface area (Å²) in [4.78, 5) is 21.2. The number of benzene rings is 9. The molecule has 0 aliphatic carbocycles. The fourth-order valence-corrected chi connectivity index (χ4v) is 10.1. The summed E-state index contributed by atoms with van der Waals surface area (Å²) in [5.74, 6) is 1.83. The van der Waals surface area contributed by atoms with Crippen LogP contribution in [-0.2, 0) is 10.8 Å². The molecule has 12 aromatic rings. The van der Waals surface area contributed by atoms with E-state index in [4.69, 9.17) is 19.9 Å². The summed E-state index contributed by atoms with van der Waals surface area (Å²) in [6.45, 7) is 13.7. The Kier molecular flexibility index (Phi) is 10.9. The highest BCUT2D eigenvalue weighted by molar-refractivity contribution is 5.89. The van der Waals surface area contributed by atoms with E-state index in [1.54, 1.807) is 0 Å². The molecule has 3 aromatic heterocycles. The highest BCUT2D eigenvalue weighted by Gasteiger charge is 2.27. The summed E-state index contributed by atoms with van der Waals surface area (Å²) < 4.78 is 4.48. The number of para-hydroxylation sites is 6. The minimum atomic E-state index is -0.0758. The summed E-state index contributed by atoms with van der Waals surface area (Å²) in [5, 5.41) is 0. The average Bonchev–Trinajstić information content (AvgIpc) is 4.00. The molecule has 0 unspecified atom stereocenters. The van der Waals surface area contributed by atoms with Gasteiger partial charge >= 0.3 is 0 Å². The highest BCUT2D eigenvalue weighted by Crippen LogP contribution is 2.40. The molecule has 6 heteroatoms. The molecule has 12 rings (SSSR count). The topological polar surface area (TPSA) is 61.4 Å². The Balaban J connectivity index is 0.898. The van der Waals surface area contributed by atoms with Crippen molar-refractivity contribution in [2.45, 2.75) is 52.4 Å². The number of rotatable bonds is 8. The molecule has 0 radical (unpaired) electrons. The summed E-state index contributed by atoms with van der Waals surface area (Å²) in [6.07, 6.45) is 0. The maximum atomic E-state index is 5.50. The van der Waals surface area contributed by atoms with Gasteiger partial charge < -0.3 is 0 Å². The van der Waals surface area contributed by atoms with E-state index in [1.807, 2.05) is 24.3 Å². The van der Waals surface area contributed by atoms with Crippen LogP contribution in [0.5, 0.6) is 0 Å². The van der Waals surface area contributed by atoms with Gasteiger partial charge in [0.2, 0.25) is 0 Å². The molecule has 0 aliphatic rings. The van der Waals surface area contributed by atoms with Gasteiger partial charge in [0.05, 0.1) is 44.5 Å². The smallest absolute Gasteiger partial charge is 0.145 e. The Hall–Kier alpha value is -8.74. The lowest BCUT2D eigenvalue weighted by Gasteiger charge is -2.30. The standard InChI is InChI=1S/C66H54N6/c1-65(2,3)53-41-57-58(42-54(53)66(4,5)6)68-62(48-35-27-44(28-36-48)46-31-39-50(40-32-46)64-70-56-22-14-16-24-60(56)72(64)52-19-11-8-12-20-52)61(67-57)47-33-25-43(26-34-47)45-29-37-49(38-30-45)63-69-55-21-13-15-23-59(55)71(63)51-17-9-7-10-18-51/h7-42H,1-6H3. The fourth-order valence-electron chi connectivity index (χ4n) is 10.1. The van der Waals surface area contributed by atoms with Gasteiger partial charge in [0.15, 0.2) is 0 Å². The Morgan fingerprint density at radius 1 is 0.278 bits per heavy atom. The van der Waals surface area contributed by atoms with Crippen LogP contribution in [0, 0.1) is 0 Å². The van der Waals surface area contributed by atoms with Gasteiger partial charge in [-0.25, -0.2) is 19.9 Å². The van der Waals surface area contributed by atoms with Crippen LogP contribution in [0.4, 0.5) is 0 Å². The van der Waals surface area contributed by atoms with Crippen LogP contribution >= 0.6 is 0 Å². The number of nitrogens with zero attached hydrogens (tertiary/aromatic N) is 6. The van der Waals surface area contributed by atoms with E-state index < -0.39 is 0 Å². The van der Waals surface area contributed by atoms with E-state index in [0.29, 0.717) is 0 Å². The lowest BCUT2D eigenvalue weighted by Crippen LogP contribution is -2.22. The summed E-state index contributed by atoms with van der Waals surface area (Å²) >= 11 is 0. The lowest BCUT2D eigenvalue weighted by molar-refractivity contribution is 0.531. The van der Waals surface area contributed by atoms with Gasteiger partial charge in [-0.2, -0.15) is 0 Å². The van der Waals surface area contributed by atoms with E-state index in [9.17, 15) is 0 Å². The van der Waals surface area contributed by atoms with Gasteiger partial charge in [0, 0.05) is 33.6 Å². The molecule has 0 saturated heterocycles. The first-order chi connectivity index (χ1) is 34.9. The maximum absolute atomic E-state index is 5.50. The zero-order chi connectivity index (χ0) is 49.1. The van der Waals surface area contributed by atoms with Gasteiger partial charge in [0.25, 0.3) is 0 Å². The second-order valence-electron chi connectivity index (χ2n) is 20.8. The maximum Gasteiger partial charge on any atom is 0.145 e. The lowest BCUT2D eigenvalue weighted by atomic mass is 9.75. The number of aromatic nitrogens is 6. The quantitative estimate of drug-likeness (QED) is 0.152. The van der Waals surface area contributed by atoms with Crippen LogP contribution in [0.2, 0.25) is 0 Å². The Bertz CT molecular complexity index is 3670. The second kappa shape index (κ2) is 17.6. The summed E-state index contributed by atoms with van der Waals surface area (Å²) in [6, 6.07) is 77.1. The molecule has 0 fully saturated rings. The molecule has 0 N–H and O–H groups in total. The van der Waals surface area contributed by atoms with Crippen LogP contribution in [-0.4, -0.2) is 29.1 Å². The van der Waals surface area contributed by atoms with Crippen molar-refractivity contribution < 1.29 is 0 Å². The zero-order valence-corrected chi connectivity index (χ0v) is 41.5. The van der Waals surface area contributed by atoms with E-state index >= 15 is 0 Å². The molecular weight excluding hydrogens is 877 g/mol. The minimum Gasteiger partial charge on any atom is -0.292 e. The molecular formula is C66H54N6. The predicted molar refractivity (Wildman–Crippen MR) is 299 cm³/mol. The first kappa shape index (κ1) is 44.5. The summed E-state index contributed by atoms with van der Waals surface area (Å²) in [5.41, 5.74) is 20.8. The van der Waals surface area contributed by atoms with E-state index in [1.165, 1.54) is 11.1 Å². The van der Waals surface area contributed by atoms with Crippen LogP contribution < -0.4 is 0 Å². The monoisotopic (exact) mass is 930 g/mol. The third-order valence-electron chi connectivity index (χ3n) is 13.8. The normalized spacial score (nSPS) is 12.0. The molecule has 0 spiro atoms. The molecule has 9 aromatic carbocycles. The van der Waals surface area contributed by atoms with Crippen LogP contribution in [0.25, 0.3) is 112 Å². The molecule has 0 bridgehead atoms. The molecule has 3 heterocycles. The number of hydrogen-bond acceptors (Lipinski definition) is 4. The van der Waals surface area contributed by atoms with Crippen molar-refractivity contribution in [1.29, 1.82) is 0 Å². The highest BCUT2D eigenvalue weighted by atomic mass is 15.1. The largest absolute Gasteiger partial charge is 0.292 e. The van der Waals surface area contributed by atoms with E-state index in [0.717, 1.165) is 112 Å². The van der Waals surface area contributed by atoms with Crippen molar-refractivity contribution in [2.24, 2.45) is 0 Å². The van der Waals surface area contributed by atoms with Gasteiger partial charge in [-0.1, -0.05) is 199 Å². The fraction of sp³-hybridized carbons (Fsp3) is 0.121. The zero-order valence-electron chi connectivity index (χ0n) is 41.5. The number of hydrogen-bond donors (Lipinski definition) is 0. The van der Waals surface area contributed by atoms with Crippen molar-refractivity contribution in [2.75, 3.05) is 0 Å². The van der Waals surface area contributed by atoms with Crippen molar-refractivity contribution in [3.8, 4) is 78.9 Å². The molecule has 0 saturated carbocycles. The molecule has 72 heavy (non-hydrogen) atoms. The first-order valence-corrected chi connectivity index (χ1v) is 24.8.